The second-order valence-electron chi connectivity index (χ2n) is 5.20. The van der Waals surface area contributed by atoms with Crippen LogP contribution in [0.25, 0.3) is 11.3 Å². The number of aromatic nitrogens is 1. The molecule has 0 saturated heterocycles. The monoisotopic (exact) mass is 338 g/mol. The van der Waals surface area contributed by atoms with Gasteiger partial charge in [0.15, 0.2) is 23.0 Å². The first kappa shape index (κ1) is 16.6. The highest BCUT2D eigenvalue weighted by molar-refractivity contribution is 6.03. The Hall–Kier alpha value is -3.28. The zero-order valence-electron chi connectivity index (χ0n) is 14.0. The molecule has 25 heavy (non-hydrogen) atoms. The number of rotatable bonds is 6. The lowest BCUT2D eigenvalue weighted by Crippen LogP contribution is -2.12. The molecule has 0 fully saturated rings. The zero-order chi connectivity index (χ0) is 17.6. The molecule has 0 spiro atoms. The van der Waals surface area contributed by atoms with E-state index in [0.717, 1.165) is 5.56 Å². The minimum Gasteiger partial charge on any atom is -0.493 e. The maximum Gasteiger partial charge on any atom is 0.277 e. The van der Waals surface area contributed by atoms with E-state index in [2.05, 4.69) is 10.5 Å². The number of benzene rings is 2. The fourth-order valence-electron chi connectivity index (χ4n) is 2.34. The molecule has 0 aliphatic carbocycles. The second kappa shape index (κ2) is 7.53. The summed E-state index contributed by atoms with van der Waals surface area (Å²) in [5, 5.41) is 6.61. The Morgan fingerprint density at radius 1 is 1.12 bits per heavy atom. The minimum absolute atomic E-state index is 0.201. The summed E-state index contributed by atoms with van der Waals surface area (Å²) in [5.74, 6) is 1.34. The Morgan fingerprint density at radius 3 is 2.64 bits per heavy atom. The number of amides is 1. The van der Waals surface area contributed by atoms with Crippen molar-refractivity contribution in [3.8, 4) is 22.8 Å². The van der Waals surface area contributed by atoms with Gasteiger partial charge < -0.3 is 19.3 Å². The van der Waals surface area contributed by atoms with Crippen LogP contribution in [0.4, 0.5) is 5.69 Å². The number of nitrogens with one attached hydrogen (secondary N) is 1. The van der Waals surface area contributed by atoms with Gasteiger partial charge in [-0.25, -0.2) is 0 Å². The average molecular weight is 338 g/mol. The molecule has 1 amide bonds. The number of nitrogens with zero attached hydrogens (tertiary/aromatic N) is 1. The van der Waals surface area contributed by atoms with Crippen LogP contribution >= 0.6 is 0 Å². The third-order valence-corrected chi connectivity index (χ3v) is 3.52. The summed E-state index contributed by atoms with van der Waals surface area (Å²) in [4.78, 5) is 12.4. The van der Waals surface area contributed by atoms with Crippen molar-refractivity contribution in [2.24, 2.45) is 0 Å². The van der Waals surface area contributed by atoms with Gasteiger partial charge in [-0.3, -0.25) is 4.79 Å². The molecular weight excluding hydrogens is 320 g/mol. The van der Waals surface area contributed by atoms with Gasteiger partial charge in [0, 0.05) is 23.4 Å². The van der Waals surface area contributed by atoms with Crippen LogP contribution in [0.1, 0.15) is 17.4 Å². The standard InChI is InChI=1S/C19H18N2O4/c1-3-24-16-10-9-14(11-18(16)23-2)20-19(22)15-12-17(25-21-15)13-7-5-4-6-8-13/h4-12H,3H2,1-2H3,(H,20,22). The quantitative estimate of drug-likeness (QED) is 0.735. The lowest BCUT2D eigenvalue weighted by Gasteiger charge is -2.11. The van der Waals surface area contributed by atoms with Crippen LogP contribution in [0.5, 0.6) is 11.5 Å². The minimum atomic E-state index is -0.364. The predicted octanol–water partition coefficient (Wildman–Crippen LogP) is 4.00. The molecule has 6 heteroatoms. The van der Waals surface area contributed by atoms with Gasteiger partial charge in [0.1, 0.15) is 0 Å². The van der Waals surface area contributed by atoms with E-state index in [9.17, 15) is 4.79 Å². The molecule has 0 aliphatic heterocycles. The van der Waals surface area contributed by atoms with E-state index >= 15 is 0 Å². The van der Waals surface area contributed by atoms with Gasteiger partial charge in [0.25, 0.3) is 5.91 Å². The molecule has 6 nitrogen and oxygen atoms in total. The second-order valence-corrected chi connectivity index (χ2v) is 5.20. The highest BCUT2D eigenvalue weighted by Gasteiger charge is 2.15. The van der Waals surface area contributed by atoms with Crippen LogP contribution in [0.3, 0.4) is 0 Å². The molecule has 0 atom stereocenters. The Kier molecular flexibility index (Phi) is 4.99. The Morgan fingerprint density at radius 2 is 1.92 bits per heavy atom. The molecule has 128 valence electrons. The smallest absolute Gasteiger partial charge is 0.277 e. The summed E-state index contributed by atoms with van der Waals surface area (Å²) in [5.41, 5.74) is 1.64. The van der Waals surface area contributed by atoms with Gasteiger partial charge in [-0.1, -0.05) is 35.5 Å². The first-order chi connectivity index (χ1) is 12.2. The Bertz CT molecular complexity index is 859. The summed E-state index contributed by atoms with van der Waals surface area (Å²) >= 11 is 0. The van der Waals surface area contributed by atoms with Crippen LogP contribution in [0.15, 0.2) is 59.1 Å². The predicted molar refractivity (Wildman–Crippen MR) is 94.1 cm³/mol. The molecule has 3 aromatic rings. The van der Waals surface area contributed by atoms with Gasteiger partial charge in [-0.15, -0.1) is 0 Å². The van der Waals surface area contributed by atoms with E-state index in [1.165, 1.54) is 0 Å². The topological polar surface area (TPSA) is 73.6 Å². The van der Waals surface area contributed by atoms with Crippen molar-refractivity contribution in [1.82, 2.24) is 5.16 Å². The van der Waals surface area contributed by atoms with Gasteiger partial charge in [0.05, 0.1) is 13.7 Å². The van der Waals surface area contributed by atoms with Crippen LogP contribution in [0.2, 0.25) is 0 Å². The largest absolute Gasteiger partial charge is 0.493 e. The molecule has 0 aliphatic rings. The Labute approximate surface area is 145 Å². The lowest BCUT2D eigenvalue weighted by molar-refractivity contribution is 0.101. The van der Waals surface area contributed by atoms with E-state index in [1.807, 2.05) is 37.3 Å². The van der Waals surface area contributed by atoms with Crippen LogP contribution in [-0.2, 0) is 0 Å². The number of carbonyl (C=O) groups is 1. The first-order valence-electron chi connectivity index (χ1n) is 7.85. The van der Waals surface area contributed by atoms with Crippen molar-refractivity contribution in [2.45, 2.75) is 6.92 Å². The van der Waals surface area contributed by atoms with Crippen LogP contribution < -0.4 is 14.8 Å². The molecule has 1 heterocycles. The molecular formula is C19H18N2O4. The maximum atomic E-state index is 12.4. The number of carbonyl (C=O) groups excluding carboxylic acids is 1. The fourth-order valence-corrected chi connectivity index (χ4v) is 2.34. The number of ether oxygens (including phenoxy) is 2. The third-order valence-electron chi connectivity index (χ3n) is 3.52. The number of methoxy groups -OCH3 is 1. The molecule has 0 unspecified atom stereocenters. The molecule has 0 radical (unpaired) electrons. The van der Waals surface area contributed by atoms with Crippen molar-refractivity contribution in [2.75, 3.05) is 19.0 Å². The van der Waals surface area contributed by atoms with Crippen LogP contribution in [0, 0.1) is 0 Å². The van der Waals surface area contributed by atoms with Crippen molar-refractivity contribution in [3.63, 3.8) is 0 Å². The van der Waals surface area contributed by atoms with Crippen molar-refractivity contribution in [1.29, 1.82) is 0 Å². The van der Waals surface area contributed by atoms with Gasteiger partial charge >= 0.3 is 0 Å². The van der Waals surface area contributed by atoms with Gasteiger partial charge in [-0.05, 0) is 19.1 Å². The Balaban J connectivity index is 1.75. The fraction of sp³-hybridized carbons (Fsp3) is 0.158. The highest BCUT2D eigenvalue weighted by atomic mass is 16.5. The third kappa shape index (κ3) is 3.80. The average Bonchev–Trinajstić information content (AvgIpc) is 3.14. The molecule has 2 aromatic carbocycles. The van der Waals surface area contributed by atoms with E-state index in [4.69, 9.17) is 14.0 Å². The molecule has 0 saturated carbocycles. The van der Waals surface area contributed by atoms with Gasteiger partial charge in [0.2, 0.25) is 0 Å². The molecule has 3 rings (SSSR count). The SMILES string of the molecule is CCOc1ccc(NC(=O)c2cc(-c3ccccc3)on2)cc1OC. The molecule has 0 bridgehead atoms. The maximum absolute atomic E-state index is 12.4. The molecule has 1 N–H and O–H groups in total. The summed E-state index contributed by atoms with van der Waals surface area (Å²) in [7, 11) is 1.55. The number of hydrogen-bond acceptors (Lipinski definition) is 5. The van der Waals surface area contributed by atoms with Crippen molar-refractivity contribution >= 4 is 11.6 Å². The van der Waals surface area contributed by atoms with E-state index < -0.39 is 0 Å². The zero-order valence-corrected chi connectivity index (χ0v) is 14.0. The van der Waals surface area contributed by atoms with E-state index in [-0.39, 0.29) is 11.6 Å². The normalized spacial score (nSPS) is 10.3. The highest BCUT2D eigenvalue weighted by Crippen LogP contribution is 2.30. The summed E-state index contributed by atoms with van der Waals surface area (Å²) in [6.07, 6.45) is 0. The van der Waals surface area contributed by atoms with E-state index in [1.54, 1.807) is 31.4 Å². The summed E-state index contributed by atoms with van der Waals surface area (Å²) < 4.78 is 16.0. The number of hydrogen-bond donors (Lipinski definition) is 1. The van der Waals surface area contributed by atoms with Gasteiger partial charge in [-0.2, -0.15) is 0 Å². The first-order valence-corrected chi connectivity index (χ1v) is 7.85. The van der Waals surface area contributed by atoms with E-state index in [0.29, 0.717) is 29.6 Å². The van der Waals surface area contributed by atoms with Crippen LogP contribution in [-0.4, -0.2) is 24.8 Å². The van der Waals surface area contributed by atoms with Crippen molar-refractivity contribution in [3.05, 3.63) is 60.3 Å². The summed E-state index contributed by atoms with van der Waals surface area (Å²) in [6.45, 7) is 2.42. The molecule has 1 aromatic heterocycles. The lowest BCUT2D eigenvalue weighted by atomic mass is 10.1. The number of anilines is 1. The summed E-state index contributed by atoms with van der Waals surface area (Å²) in [6, 6.07) is 16.3. The van der Waals surface area contributed by atoms with Crippen molar-refractivity contribution < 1.29 is 18.8 Å².